The summed E-state index contributed by atoms with van der Waals surface area (Å²) in [5.74, 6) is -0.772. The van der Waals surface area contributed by atoms with Crippen molar-refractivity contribution in [3.63, 3.8) is 0 Å². The van der Waals surface area contributed by atoms with E-state index in [1.807, 2.05) is 32.0 Å². The van der Waals surface area contributed by atoms with E-state index >= 15 is 0 Å². The van der Waals surface area contributed by atoms with Gasteiger partial charge in [-0.05, 0) is 62.6 Å². The minimum absolute atomic E-state index is 0.0816. The van der Waals surface area contributed by atoms with Crippen LogP contribution in [-0.4, -0.2) is 29.1 Å². The van der Waals surface area contributed by atoms with E-state index in [1.54, 1.807) is 0 Å². The molecule has 0 aliphatic heterocycles. The van der Waals surface area contributed by atoms with Gasteiger partial charge in [-0.15, -0.1) is 0 Å². The van der Waals surface area contributed by atoms with Crippen LogP contribution in [0.5, 0.6) is 0 Å². The zero-order valence-corrected chi connectivity index (χ0v) is 13.7. The van der Waals surface area contributed by atoms with E-state index in [-0.39, 0.29) is 12.5 Å². The molecule has 18 heavy (non-hydrogen) atoms. The van der Waals surface area contributed by atoms with Crippen molar-refractivity contribution in [1.29, 1.82) is 0 Å². The minimum atomic E-state index is -0.772. The fourth-order valence-electron chi connectivity index (χ4n) is 2.01. The molecule has 0 bridgehead atoms. The van der Waals surface area contributed by atoms with E-state index < -0.39 is 5.97 Å². The Bertz CT molecular complexity index is 419. The van der Waals surface area contributed by atoms with Crippen LogP contribution >= 0.6 is 31.9 Å². The first kappa shape index (κ1) is 15.7. The van der Waals surface area contributed by atoms with E-state index in [4.69, 9.17) is 5.11 Å². The lowest BCUT2D eigenvalue weighted by Crippen LogP contribution is -2.30. The Morgan fingerprint density at radius 3 is 2.33 bits per heavy atom. The molecule has 1 atom stereocenters. The molecule has 1 aromatic rings. The molecule has 1 aromatic carbocycles. The Hall–Kier alpha value is -0.390. The number of aliphatic carboxylic acids is 1. The minimum Gasteiger partial charge on any atom is -0.481 e. The van der Waals surface area contributed by atoms with Crippen LogP contribution in [-0.2, 0) is 4.79 Å². The Morgan fingerprint density at radius 1 is 1.28 bits per heavy atom. The van der Waals surface area contributed by atoms with Gasteiger partial charge >= 0.3 is 5.97 Å². The highest BCUT2D eigenvalue weighted by molar-refractivity contribution is 9.13. The predicted octanol–water partition coefficient (Wildman–Crippen LogP) is 4.07. The molecule has 0 fully saturated rings. The van der Waals surface area contributed by atoms with Crippen LogP contribution in [0.2, 0.25) is 0 Å². The summed E-state index contributed by atoms with van der Waals surface area (Å²) in [6, 6.07) is 5.82. The molecule has 0 amide bonds. The first-order valence-electron chi connectivity index (χ1n) is 5.90. The van der Waals surface area contributed by atoms with E-state index in [0.29, 0.717) is 0 Å². The van der Waals surface area contributed by atoms with Crippen LogP contribution in [0.3, 0.4) is 0 Å². The molecule has 1 unspecified atom stereocenters. The summed E-state index contributed by atoms with van der Waals surface area (Å²) < 4.78 is 1.92. The van der Waals surface area contributed by atoms with Gasteiger partial charge in [0.2, 0.25) is 0 Å². The number of carboxylic acids is 1. The largest absolute Gasteiger partial charge is 0.481 e. The average Bonchev–Trinajstić information content (AvgIpc) is 2.32. The molecule has 0 aliphatic carbocycles. The summed E-state index contributed by atoms with van der Waals surface area (Å²) in [6.07, 6.45) is 0.121. The van der Waals surface area contributed by atoms with E-state index in [2.05, 4.69) is 36.8 Å². The lowest BCUT2D eigenvalue weighted by Gasteiger charge is -2.29. The molecule has 1 rings (SSSR count). The zero-order chi connectivity index (χ0) is 13.7. The van der Waals surface area contributed by atoms with E-state index in [9.17, 15) is 4.79 Å². The molecule has 0 aromatic heterocycles. The molecule has 0 saturated carbocycles. The highest BCUT2D eigenvalue weighted by Crippen LogP contribution is 2.30. The van der Waals surface area contributed by atoms with Gasteiger partial charge < -0.3 is 5.11 Å². The van der Waals surface area contributed by atoms with Gasteiger partial charge in [-0.25, -0.2) is 0 Å². The Kier molecular flexibility index (Phi) is 6.32. The van der Waals surface area contributed by atoms with Crippen molar-refractivity contribution in [2.45, 2.75) is 26.3 Å². The van der Waals surface area contributed by atoms with Gasteiger partial charge in [-0.3, -0.25) is 9.69 Å². The molecule has 0 saturated heterocycles. The summed E-state index contributed by atoms with van der Waals surface area (Å²) in [4.78, 5) is 13.2. The Labute approximate surface area is 124 Å². The first-order valence-corrected chi connectivity index (χ1v) is 7.49. The SMILES string of the molecule is CCN(CC)C(CC(=O)O)c1ccc(Br)c(Br)c1. The van der Waals surface area contributed by atoms with Gasteiger partial charge in [0.05, 0.1) is 6.42 Å². The number of nitrogens with zero attached hydrogens (tertiary/aromatic N) is 1. The maximum absolute atomic E-state index is 11.0. The average molecular weight is 379 g/mol. The maximum Gasteiger partial charge on any atom is 0.305 e. The van der Waals surface area contributed by atoms with Gasteiger partial charge in [0.15, 0.2) is 0 Å². The van der Waals surface area contributed by atoms with Crippen LogP contribution in [0, 0.1) is 0 Å². The maximum atomic E-state index is 11.0. The highest BCUT2D eigenvalue weighted by atomic mass is 79.9. The van der Waals surface area contributed by atoms with Gasteiger partial charge in [-0.1, -0.05) is 19.9 Å². The first-order chi connectivity index (χ1) is 8.49. The molecule has 0 aliphatic rings. The second-order valence-electron chi connectivity index (χ2n) is 4.01. The third-order valence-electron chi connectivity index (χ3n) is 2.95. The third-order valence-corrected chi connectivity index (χ3v) is 4.83. The second kappa shape index (κ2) is 7.26. The highest BCUT2D eigenvalue weighted by Gasteiger charge is 2.21. The summed E-state index contributed by atoms with van der Waals surface area (Å²) in [5, 5.41) is 9.06. The molecular weight excluding hydrogens is 362 g/mol. The molecule has 0 heterocycles. The number of carbonyl (C=O) groups is 1. The van der Waals surface area contributed by atoms with Crippen molar-refractivity contribution in [1.82, 2.24) is 4.90 Å². The molecule has 5 heteroatoms. The molecule has 0 radical (unpaired) electrons. The fraction of sp³-hybridized carbons (Fsp3) is 0.462. The number of hydrogen-bond donors (Lipinski definition) is 1. The van der Waals surface area contributed by atoms with Gasteiger partial charge in [0, 0.05) is 15.0 Å². The van der Waals surface area contributed by atoms with E-state index in [1.165, 1.54) is 0 Å². The molecule has 100 valence electrons. The summed E-state index contributed by atoms with van der Waals surface area (Å²) in [6.45, 7) is 5.77. The number of rotatable bonds is 6. The van der Waals surface area contributed by atoms with Crippen LogP contribution in [0.15, 0.2) is 27.1 Å². The van der Waals surface area contributed by atoms with E-state index in [0.717, 1.165) is 27.6 Å². The monoisotopic (exact) mass is 377 g/mol. The van der Waals surface area contributed by atoms with Crippen LogP contribution in [0.25, 0.3) is 0 Å². The van der Waals surface area contributed by atoms with Crippen molar-refractivity contribution in [3.8, 4) is 0 Å². The number of carboxylic acid groups (broad SMARTS) is 1. The summed E-state index contributed by atoms with van der Waals surface area (Å²) in [5.41, 5.74) is 1.02. The van der Waals surface area contributed by atoms with Crippen molar-refractivity contribution in [2.75, 3.05) is 13.1 Å². The third kappa shape index (κ3) is 4.07. The number of hydrogen-bond acceptors (Lipinski definition) is 2. The Morgan fingerprint density at radius 2 is 1.89 bits per heavy atom. The van der Waals surface area contributed by atoms with Crippen LogP contribution in [0.1, 0.15) is 31.9 Å². The quantitative estimate of drug-likeness (QED) is 0.811. The summed E-state index contributed by atoms with van der Waals surface area (Å²) >= 11 is 6.88. The molecule has 3 nitrogen and oxygen atoms in total. The van der Waals surface area contributed by atoms with Crippen molar-refractivity contribution in [3.05, 3.63) is 32.7 Å². The lowest BCUT2D eigenvalue weighted by molar-refractivity contribution is -0.138. The van der Waals surface area contributed by atoms with Gasteiger partial charge in [0.1, 0.15) is 0 Å². The predicted molar refractivity (Wildman–Crippen MR) is 79.8 cm³/mol. The van der Waals surface area contributed by atoms with Gasteiger partial charge in [0.25, 0.3) is 0 Å². The van der Waals surface area contributed by atoms with Crippen molar-refractivity contribution >= 4 is 37.8 Å². The Balaban J connectivity index is 3.07. The lowest BCUT2D eigenvalue weighted by atomic mass is 10.0. The zero-order valence-electron chi connectivity index (χ0n) is 10.5. The van der Waals surface area contributed by atoms with Crippen LogP contribution in [0.4, 0.5) is 0 Å². The molecule has 0 spiro atoms. The fourth-order valence-corrected chi connectivity index (χ4v) is 2.65. The number of benzene rings is 1. The smallest absolute Gasteiger partial charge is 0.305 e. The van der Waals surface area contributed by atoms with Crippen LogP contribution < -0.4 is 0 Å². The topological polar surface area (TPSA) is 40.5 Å². The standard InChI is InChI=1S/C13H17Br2NO2/c1-3-16(4-2)12(8-13(17)18)9-5-6-10(14)11(15)7-9/h5-7,12H,3-4,8H2,1-2H3,(H,17,18). The summed E-state index contributed by atoms with van der Waals surface area (Å²) in [7, 11) is 0. The van der Waals surface area contributed by atoms with Gasteiger partial charge in [-0.2, -0.15) is 0 Å². The molecule has 1 N–H and O–H groups in total. The van der Waals surface area contributed by atoms with Crippen molar-refractivity contribution < 1.29 is 9.90 Å². The normalized spacial score (nSPS) is 12.7. The van der Waals surface area contributed by atoms with Crippen molar-refractivity contribution in [2.24, 2.45) is 0 Å². The second-order valence-corrected chi connectivity index (χ2v) is 5.72. The number of halogens is 2. The molecular formula is C13H17Br2NO2.